The summed E-state index contributed by atoms with van der Waals surface area (Å²) in [6.45, 7) is 17.0. The molecular weight excluding hydrogens is 208 g/mol. The second-order valence-corrected chi connectivity index (χ2v) is 14.9. The molecule has 13 heavy (non-hydrogen) atoms. The van der Waals surface area contributed by atoms with E-state index in [4.69, 9.17) is 0 Å². The lowest BCUT2D eigenvalue weighted by molar-refractivity contribution is 0.426. The van der Waals surface area contributed by atoms with E-state index in [1.54, 1.807) is 0 Å². The third-order valence-corrected chi connectivity index (χ3v) is 18.8. The molecule has 76 valence electrons. The molecule has 0 aromatic rings. The van der Waals surface area contributed by atoms with Crippen LogP contribution in [-0.2, 0) is 0 Å². The maximum absolute atomic E-state index is 2.91. The van der Waals surface area contributed by atoms with Gasteiger partial charge in [0.25, 0.3) is 0 Å². The molecular formula is C8H22N2Si3. The van der Waals surface area contributed by atoms with Crippen molar-refractivity contribution in [1.29, 1.82) is 0 Å². The van der Waals surface area contributed by atoms with E-state index in [2.05, 4.69) is 54.7 Å². The summed E-state index contributed by atoms with van der Waals surface area (Å²) < 4.78 is 5.73. The van der Waals surface area contributed by atoms with Gasteiger partial charge in [-0.1, -0.05) is 26.9 Å². The number of rotatable bonds is 2. The van der Waals surface area contributed by atoms with Crippen molar-refractivity contribution in [3.05, 3.63) is 0 Å². The summed E-state index contributed by atoms with van der Waals surface area (Å²) in [6.07, 6.45) is 0. The van der Waals surface area contributed by atoms with Crippen molar-refractivity contribution in [1.82, 2.24) is 8.13 Å². The van der Waals surface area contributed by atoms with Crippen LogP contribution in [0.1, 0.15) is 13.8 Å². The Bertz CT molecular complexity index is 176. The number of hydrogen-bond acceptors (Lipinski definition) is 2. The molecule has 0 unspecified atom stereocenters. The topological polar surface area (TPSA) is 6.48 Å². The molecule has 1 saturated heterocycles. The predicted octanol–water partition coefficient (Wildman–Crippen LogP) is 2.08. The maximum atomic E-state index is 2.91. The highest BCUT2D eigenvalue weighted by Gasteiger charge is 2.55. The summed E-state index contributed by atoms with van der Waals surface area (Å²) >= 11 is 0. The second-order valence-electron chi connectivity index (χ2n) is 4.79. The number of hydrogen-bond donors (Lipinski definition) is 0. The fraction of sp³-hybridized carbons (Fsp3) is 1.00. The zero-order valence-corrected chi connectivity index (χ0v) is 13.0. The first-order chi connectivity index (χ1) is 5.80. The van der Waals surface area contributed by atoms with E-state index in [-0.39, 0.29) is 18.1 Å². The van der Waals surface area contributed by atoms with Crippen molar-refractivity contribution in [3.63, 3.8) is 0 Å². The fourth-order valence-electron chi connectivity index (χ4n) is 2.84. The molecule has 1 aliphatic rings. The predicted molar refractivity (Wildman–Crippen MR) is 65.4 cm³/mol. The first-order valence-electron chi connectivity index (χ1n) is 5.03. The Morgan fingerprint density at radius 1 is 1.23 bits per heavy atom. The van der Waals surface area contributed by atoms with Gasteiger partial charge in [0.15, 0.2) is 8.40 Å². The molecule has 0 saturated carbocycles. The molecule has 1 heterocycles. The molecule has 1 rings (SSSR count). The van der Waals surface area contributed by atoms with Crippen molar-refractivity contribution in [3.8, 4) is 0 Å². The number of nitrogens with zero attached hydrogens (tertiary/aromatic N) is 2. The quantitative estimate of drug-likeness (QED) is 0.670. The van der Waals surface area contributed by atoms with Gasteiger partial charge >= 0.3 is 0 Å². The summed E-state index contributed by atoms with van der Waals surface area (Å²) in [5.74, 6) is 0. The van der Waals surface area contributed by atoms with Crippen LogP contribution >= 0.6 is 0 Å². The summed E-state index contributed by atoms with van der Waals surface area (Å²) in [6, 6.07) is 0.762. The van der Waals surface area contributed by atoms with E-state index < -0.39 is 8.40 Å². The Morgan fingerprint density at radius 2 is 1.69 bits per heavy atom. The van der Waals surface area contributed by atoms with Gasteiger partial charge in [0.05, 0.1) is 0 Å². The first-order valence-corrected chi connectivity index (χ1v) is 12.3. The molecule has 2 nitrogen and oxygen atoms in total. The maximum Gasteiger partial charge on any atom is 0.206 e. The summed E-state index contributed by atoms with van der Waals surface area (Å²) in [5.41, 5.74) is 0. The average Bonchev–Trinajstić information content (AvgIpc) is 1.81. The van der Waals surface area contributed by atoms with E-state index in [0.29, 0.717) is 0 Å². The van der Waals surface area contributed by atoms with E-state index in [0.717, 1.165) is 6.04 Å². The molecule has 1 aliphatic heterocycles. The van der Waals surface area contributed by atoms with E-state index in [1.807, 2.05) is 0 Å². The molecule has 0 bridgehead atoms. The van der Waals surface area contributed by atoms with Gasteiger partial charge in [0.1, 0.15) is 8.96 Å². The molecule has 0 aromatic carbocycles. The summed E-state index contributed by atoms with van der Waals surface area (Å²) in [7, 11) is -1.64. The molecule has 1 fully saturated rings. The lowest BCUT2D eigenvalue weighted by Crippen LogP contribution is -2.86. The van der Waals surface area contributed by atoms with Crippen molar-refractivity contribution >= 4 is 26.5 Å². The minimum Gasteiger partial charge on any atom is -0.346 e. The fourth-order valence-corrected chi connectivity index (χ4v) is 20.4. The van der Waals surface area contributed by atoms with E-state index in [1.165, 1.54) is 0 Å². The van der Waals surface area contributed by atoms with Crippen LogP contribution in [0.4, 0.5) is 0 Å². The molecule has 2 radical (unpaired) electrons. The van der Waals surface area contributed by atoms with Crippen molar-refractivity contribution in [2.24, 2.45) is 0 Å². The summed E-state index contributed by atoms with van der Waals surface area (Å²) in [4.78, 5) is 0. The van der Waals surface area contributed by atoms with Crippen LogP contribution in [0.2, 0.25) is 32.7 Å². The Hall–Kier alpha value is 0.571. The lowest BCUT2D eigenvalue weighted by atomic mass is 10.4. The smallest absolute Gasteiger partial charge is 0.206 e. The largest absolute Gasteiger partial charge is 0.346 e. The Balaban J connectivity index is 2.76. The van der Waals surface area contributed by atoms with Crippen LogP contribution in [0, 0.1) is 0 Å². The molecule has 0 spiro atoms. The van der Waals surface area contributed by atoms with E-state index >= 15 is 0 Å². The monoisotopic (exact) mass is 230 g/mol. The third-order valence-electron chi connectivity index (χ3n) is 2.77. The average molecular weight is 231 g/mol. The highest BCUT2D eigenvalue weighted by Crippen LogP contribution is 2.33. The minimum absolute atomic E-state index is 0.198. The Kier molecular flexibility index (Phi) is 3.24. The molecule has 0 aromatic heterocycles. The van der Waals surface area contributed by atoms with Gasteiger partial charge in [0, 0.05) is 0 Å². The van der Waals surface area contributed by atoms with Crippen LogP contribution in [0.5, 0.6) is 0 Å². The zero-order chi connectivity index (χ0) is 10.4. The van der Waals surface area contributed by atoms with E-state index in [9.17, 15) is 0 Å². The molecule has 5 heteroatoms. The van der Waals surface area contributed by atoms with Gasteiger partial charge in [-0.15, -0.1) is 0 Å². The third kappa shape index (κ3) is 1.72. The van der Waals surface area contributed by atoms with Gasteiger partial charge in [0.2, 0.25) is 9.12 Å². The highest BCUT2D eigenvalue weighted by molar-refractivity contribution is 7.03. The Morgan fingerprint density at radius 3 is 1.92 bits per heavy atom. The van der Waals surface area contributed by atoms with Crippen molar-refractivity contribution in [2.75, 3.05) is 0 Å². The second kappa shape index (κ2) is 3.62. The summed E-state index contributed by atoms with van der Waals surface area (Å²) in [5, 5.41) is 0. The van der Waals surface area contributed by atoms with Crippen molar-refractivity contribution < 1.29 is 0 Å². The van der Waals surface area contributed by atoms with Gasteiger partial charge in [-0.25, -0.2) is 0 Å². The highest BCUT2D eigenvalue weighted by atomic mass is 28.5. The zero-order valence-electron chi connectivity index (χ0n) is 9.97. The van der Waals surface area contributed by atoms with Crippen molar-refractivity contribution in [2.45, 2.75) is 52.6 Å². The van der Waals surface area contributed by atoms with Gasteiger partial charge in [-0.05, 0) is 25.7 Å². The molecule has 0 amide bonds. The molecule has 0 N–H and O–H groups in total. The first kappa shape index (κ1) is 11.6. The van der Waals surface area contributed by atoms with Crippen LogP contribution in [0.15, 0.2) is 0 Å². The van der Waals surface area contributed by atoms with Crippen LogP contribution in [0.3, 0.4) is 0 Å². The van der Waals surface area contributed by atoms with Crippen LogP contribution < -0.4 is 0 Å². The lowest BCUT2D eigenvalue weighted by Gasteiger charge is -2.64. The SMILES string of the molecule is CC(C)N1[Si](C)N([Si](C)C)[Si]1(C)C. The van der Waals surface area contributed by atoms with Gasteiger partial charge in [-0.3, -0.25) is 0 Å². The van der Waals surface area contributed by atoms with Crippen LogP contribution in [-0.4, -0.2) is 40.6 Å². The normalized spacial score (nSPS) is 25.6. The van der Waals surface area contributed by atoms with Gasteiger partial charge < -0.3 is 8.13 Å². The van der Waals surface area contributed by atoms with Crippen LogP contribution in [0.25, 0.3) is 0 Å². The molecule has 0 atom stereocenters. The Labute approximate surface area is 87.5 Å². The standard InChI is InChI=1S/C8H22N2Si3/c1-8(2)9-12(5)10(11(3)4)13(9,6)7/h8H,1-7H3. The van der Waals surface area contributed by atoms with Gasteiger partial charge in [-0.2, -0.15) is 0 Å². The molecule has 0 aliphatic carbocycles. The minimum atomic E-state index is -1.14.